The molecule has 0 aromatic heterocycles. The van der Waals surface area contributed by atoms with E-state index in [1.807, 2.05) is 6.92 Å². The van der Waals surface area contributed by atoms with Gasteiger partial charge in [-0.15, -0.1) is 0 Å². The molecule has 1 aliphatic heterocycles. The molecule has 1 aliphatic rings. The maximum Gasteiger partial charge on any atom is 0.310 e. The van der Waals surface area contributed by atoms with Gasteiger partial charge >= 0.3 is 5.97 Å². The van der Waals surface area contributed by atoms with Crippen LogP contribution < -0.4 is 0 Å². The summed E-state index contributed by atoms with van der Waals surface area (Å²) >= 11 is 0. The summed E-state index contributed by atoms with van der Waals surface area (Å²) in [4.78, 5) is 10.7. The van der Waals surface area contributed by atoms with Gasteiger partial charge in [0.15, 0.2) is 0 Å². The van der Waals surface area contributed by atoms with Gasteiger partial charge in [-0.25, -0.2) is 0 Å². The van der Waals surface area contributed by atoms with Crippen LogP contribution in [-0.2, 0) is 9.53 Å². The highest BCUT2D eigenvalue weighted by Crippen LogP contribution is 2.23. The van der Waals surface area contributed by atoms with E-state index < -0.39 is 5.97 Å². The molecule has 0 aromatic carbocycles. The van der Waals surface area contributed by atoms with Gasteiger partial charge in [0.25, 0.3) is 0 Å². The summed E-state index contributed by atoms with van der Waals surface area (Å²) < 4.78 is 5.09. The van der Waals surface area contributed by atoms with E-state index in [0.717, 1.165) is 25.0 Å². The molecule has 0 amide bonds. The van der Waals surface area contributed by atoms with Crippen LogP contribution in [0.2, 0.25) is 0 Å². The van der Waals surface area contributed by atoms with Crippen LogP contribution in [0.25, 0.3) is 0 Å². The van der Waals surface area contributed by atoms with Crippen LogP contribution in [0.15, 0.2) is 11.8 Å². The van der Waals surface area contributed by atoms with Crippen molar-refractivity contribution in [3.8, 4) is 0 Å². The van der Waals surface area contributed by atoms with Crippen molar-refractivity contribution >= 4 is 5.97 Å². The third-order valence-corrected chi connectivity index (χ3v) is 2.12. The molecule has 0 saturated carbocycles. The molecular formula is C9H14O3. The first-order valence-corrected chi connectivity index (χ1v) is 4.29. The Labute approximate surface area is 72.0 Å². The van der Waals surface area contributed by atoms with Crippen LogP contribution in [0.1, 0.15) is 26.2 Å². The molecule has 1 atom stereocenters. The van der Waals surface area contributed by atoms with Crippen LogP contribution in [0.5, 0.6) is 0 Å². The summed E-state index contributed by atoms with van der Waals surface area (Å²) in [6.45, 7) is 2.60. The average Bonchev–Trinajstić information content (AvgIpc) is 2.07. The topological polar surface area (TPSA) is 46.5 Å². The molecule has 0 aliphatic carbocycles. The molecule has 0 bridgehead atoms. The first kappa shape index (κ1) is 9.10. The summed E-state index contributed by atoms with van der Waals surface area (Å²) in [7, 11) is 0. The highest BCUT2D eigenvalue weighted by molar-refractivity contribution is 5.73. The summed E-state index contributed by atoms with van der Waals surface area (Å²) in [5.41, 5.74) is 0.927. The van der Waals surface area contributed by atoms with Crippen molar-refractivity contribution in [1.82, 2.24) is 0 Å². The Morgan fingerprint density at radius 2 is 2.58 bits per heavy atom. The maximum absolute atomic E-state index is 10.7. The van der Waals surface area contributed by atoms with E-state index in [1.54, 1.807) is 6.26 Å². The van der Waals surface area contributed by atoms with Crippen LogP contribution in [-0.4, -0.2) is 17.7 Å². The number of ether oxygens (including phenoxy) is 1. The molecule has 0 radical (unpaired) electrons. The number of carbonyl (C=O) groups is 1. The Morgan fingerprint density at radius 1 is 1.83 bits per heavy atom. The van der Waals surface area contributed by atoms with Gasteiger partial charge in [-0.05, 0) is 24.8 Å². The normalized spacial score (nSPS) is 19.2. The van der Waals surface area contributed by atoms with Gasteiger partial charge in [-0.3, -0.25) is 4.79 Å². The molecule has 0 spiro atoms. The van der Waals surface area contributed by atoms with E-state index in [0.29, 0.717) is 6.42 Å². The molecule has 3 heteroatoms. The molecule has 68 valence electrons. The average molecular weight is 170 g/mol. The van der Waals surface area contributed by atoms with Crippen molar-refractivity contribution < 1.29 is 14.6 Å². The Morgan fingerprint density at radius 3 is 3.00 bits per heavy atom. The van der Waals surface area contributed by atoms with Crippen LogP contribution >= 0.6 is 0 Å². The van der Waals surface area contributed by atoms with E-state index in [1.165, 1.54) is 0 Å². The molecular weight excluding hydrogens is 156 g/mol. The van der Waals surface area contributed by atoms with Crippen molar-refractivity contribution in [2.75, 3.05) is 6.61 Å². The van der Waals surface area contributed by atoms with Gasteiger partial charge in [0.1, 0.15) is 0 Å². The van der Waals surface area contributed by atoms with E-state index in [9.17, 15) is 4.79 Å². The molecule has 12 heavy (non-hydrogen) atoms. The maximum atomic E-state index is 10.7. The summed E-state index contributed by atoms with van der Waals surface area (Å²) in [5, 5.41) is 8.83. The van der Waals surface area contributed by atoms with Crippen LogP contribution in [0.4, 0.5) is 0 Å². The monoisotopic (exact) mass is 170 g/mol. The van der Waals surface area contributed by atoms with Crippen molar-refractivity contribution in [1.29, 1.82) is 0 Å². The predicted octanol–water partition coefficient (Wildman–Crippen LogP) is 1.79. The zero-order valence-corrected chi connectivity index (χ0v) is 7.25. The zero-order valence-electron chi connectivity index (χ0n) is 7.25. The second kappa shape index (κ2) is 4.14. The first-order valence-electron chi connectivity index (χ1n) is 4.29. The highest BCUT2D eigenvalue weighted by Gasteiger charge is 2.21. The van der Waals surface area contributed by atoms with Crippen molar-refractivity contribution in [3.63, 3.8) is 0 Å². The predicted molar refractivity (Wildman–Crippen MR) is 44.7 cm³/mol. The molecule has 1 rings (SSSR count). The van der Waals surface area contributed by atoms with Gasteiger partial charge in [-0.1, -0.05) is 6.92 Å². The van der Waals surface area contributed by atoms with E-state index in [-0.39, 0.29) is 5.92 Å². The Hall–Kier alpha value is -0.990. The molecule has 0 fully saturated rings. The molecule has 1 N–H and O–H groups in total. The standard InChI is InChI=1S/C9H14O3/c1-2-8(9(10)11)7-4-3-5-12-6-7/h6,8H,2-5H2,1H3,(H,10,11). The lowest BCUT2D eigenvalue weighted by Crippen LogP contribution is -2.17. The smallest absolute Gasteiger partial charge is 0.310 e. The third kappa shape index (κ3) is 2.00. The molecule has 3 nitrogen and oxygen atoms in total. The second-order valence-electron chi connectivity index (χ2n) is 2.97. The lowest BCUT2D eigenvalue weighted by Gasteiger charge is -2.18. The minimum absolute atomic E-state index is 0.342. The van der Waals surface area contributed by atoms with Crippen LogP contribution in [0, 0.1) is 5.92 Å². The largest absolute Gasteiger partial charge is 0.501 e. The summed E-state index contributed by atoms with van der Waals surface area (Å²) in [5.74, 6) is -1.08. The van der Waals surface area contributed by atoms with Crippen molar-refractivity contribution in [2.24, 2.45) is 5.92 Å². The number of hydrogen-bond acceptors (Lipinski definition) is 2. The summed E-state index contributed by atoms with van der Waals surface area (Å²) in [6, 6.07) is 0. The first-order chi connectivity index (χ1) is 5.75. The molecule has 1 unspecified atom stereocenters. The fourth-order valence-electron chi connectivity index (χ4n) is 1.44. The Balaban J connectivity index is 2.64. The Kier molecular flexibility index (Phi) is 3.14. The molecule has 1 heterocycles. The van der Waals surface area contributed by atoms with Gasteiger partial charge in [0, 0.05) is 0 Å². The Bertz CT molecular complexity index is 196. The van der Waals surface area contributed by atoms with Gasteiger partial charge in [-0.2, -0.15) is 0 Å². The zero-order chi connectivity index (χ0) is 8.97. The van der Waals surface area contributed by atoms with E-state index in [4.69, 9.17) is 9.84 Å². The fourth-order valence-corrected chi connectivity index (χ4v) is 1.44. The number of rotatable bonds is 3. The van der Waals surface area contributed by atoms with Gasteiger partial charge < -0.3 is 9.84 Å². The van der Waals surface area contributed by atoms with Crippen molar-refractivity contribution in [3.05, 3.63) is 11.8 Å². The quantitative estimate of drug-likeness (QED) is 0.702. The van der Waals surface area contributed by atoms with E-state index >= 15 is 0 Å². The minimum atomic E-state index is -0.741. The van der Waals surface area contributed by atoms with Gasteiger partial charge in [0.2, 0.25) is 0 Å². The molecule has 0 saturated heterocycles. The fraction of sp³-hybridized carbons (Fsp3) is 0.667. The number of carboxylic acid groups (broad SMARTS) is 1. The SMILES string of the molecule is CCC(C(=O)O)C1=COCCC1. The van der Waals surface area contributed by atoms with E-state index in [2.05, 4.69) is 0 Å². The minimum Gasteiger partial charge on any atom is -0.501 e. The second-order valence-corrected chi connectivity index (χ2v) is 2.97. The van der Waals surface area contributed by atoms with Crippen LogP contribution in [0.3, 0.4) is 0 Å². The van der Waals surface area contributed by atoms with Gasteiger partial charge in [0.05, 0.1) is 18.8 Å². The highest BCUT2D eigenvalue weighted by atomic mass is 16.5. The number of aliphatic carboxylic acids is 1. The lowest BCUT2D eigenvalue weighted by molar-refractivity contribution is -0.140. The lowest BCUT2D eigenvalue weighted by atomic mass is 9.93. The third-order valence-electron chi connectivity index (χ3n) is 2.12. The van der Waals surface area contributed by atoms with Crippen molar-refractivity contribution in [2.45, 2.75) is 26.2 Å². The molecule has 0 aromatic rings. The number of carboxylic acids is 1. The summed E-state index contributed by atoms with van der Waals surface area (Å²) in [6.07, 6.45) is 4.07. The number of hydrogen-bond donors (Lipinski definition) is 1.